The number of hydrogen-bond donors (Lipinski definition) is 2. The van der Waals surface area contributed by atoms with Gasteiger partial charge in [0.1, 0.15) is 6.10 Å². The zero-order chi connectivity index (χ0) is 11.1. The van der Waals surface area contributed by atoms with Crippen LogP contribution < -0.4 is 11.6 Å². The molecule has 0 aliphatic rings. The first kappa shape index (κ1) is 12.2. The molecule has 1 rings (SSSR count). The molecule has 0 fully saturated rings. The Morgan fingerprint density at radius 1 is 1.40 bits per heavy atom. The van der Waals surface area contributed by atoms with Crippen molar-refractivity contribution in [2.24, 2.45) is 11.6 Å². The second-order valence-electron chi connectivity index (χ2n) is 3.70. The maximum atomic E-state index is 5.52. The molecule has 15 heavy (non-hydrogen) atoms. The van der Waals surface area contributed by atoms with Crippen molar-refractivity contribution in [1.29, 1.82) is 0 Å². The van der Waals surface area contributed by atoms with Gasteiger partial charge in [-0.1, -0.05) is 37.6 Å². The number of benzene rings is 1. The molecule has 1 atom stereocenters. The van der Waals surface area contributed by atoms with Crippen LogP contribution in [-0.4, -0.2) is 6.54 Å². The molecule has 0 bridgehead atoms. The highest BCUT2D eigenvalue weighted by atomic mass is 16.6. The molecule has 4 N–H and O–H groups in total. The van der Waals surface area contributed by atoms with Crippen LogP contribution in [0.1, 0.15) is 37.0 Å². The van der Waals surface area contributed by atoms with Crippen molar-refractivity contribution in [1.82, 2.24) is 0 Å². The average Bonchev–Trinajstić information content (AvgIpc) is 2.27. The Morgan fingerprint density at radius 3 is 2.80 bits per heavy atom. The van der Waals surface area contributed by atoms with Crippen LogP contribution in [0, 0.1) is 0 Å². The normalized spacial score (nSPS) is 12.7. The Labute approximate surface area is 91.4 Å². The van der Waals surface area contributed by atoms with Gasteiger partial charge < -0.3 is 5.73 Å². The fourth-order valence-corrected chi connectivity index (χ4v) is 1.69. The van der Waals surface area contributed by atoms with Gasteiger partial charge in [-0.2, -0.15) is 0 Å². The van der Waals surface area contributed by atoms with Gasteiger partial charge >= 0.3 is 0 Å². The van der Waals surface area contributed by atoms with Gasteiger partial charge in [0.2, 0.25) is 0 Å². The first-order chi connectivity index (χ1) is 7.31. The summed E-state index contributed by atoms with van der Waals surface area (Å²) in [5.74, 6) is 5.29. The summed E-state index contributed by atoms with van der Waals surface area (Å²) >= 11 is 0. The molecule has 3 nitrogen and oxygen atoms in total. The number of rotatable bonds is 6. The summed E-state index contributed by atoms with van der Waals surface area (Å²) in [5, 5.41) is 0. The summed E-state index contributed by atoms with van der Waals surface area (Å²) in [6.07, 6.45) is 2.91. The average molecular weight is 208 g/mol. The second-order valence-corrected chi connectivity index (χ2v) is 3.70. The van der Waals surface area contributed by atoms with Crippen LogP contribution in [-0.2, 0) is 11.3 Å². The molecule has 3 heteroatoms. The Hall–Kier alpha value is -0.900. The number of nitrogens with two attached hydrogens (primary N) is 2. The topological polar surface area (TPSA) is 61.3 Å². The standard InChI is InChI=1S/C12H20N2O/c1-2-4-12(15-14)11-6-3-5-10(9-11)7-8-13/h3,5-6,9,12H,2,4,7-8,13-14H2,1H3. The molecule has 1 aromatic rings. The summed E-state index contributed by atoms with van der Waals surface area (Å²) in [4.78, 5) is 4.98. The van der Waals surface area contributed by atoms with E-state index in [1.165, 1.54) is 5.56 Å². The van der Waals surface area contributed by atoms with Crippen LogP contribution in [0.25, 0.3) is 0 Å². The summed E-state index contributed by atoms with van der Waals surface area (Å²) < 4.78 is 0. The fraction of sp³-hybridized carbons (Fsp3) is 0.500. The van der Waals surface area contributed by atoms with E-state index in [1.54, 1.807) is 0 Å². The molecule has 0 saturated carbocycles. The SMILES string of the molecule is CCCC(ON)c1cccc(CCN)c1. The molecule has 84 valence electrons. The van der Waals surface area contributed by atoms with E-state index in [-0.39, 0.29) is 6.10 Å². The molecule has 0 heterocycles. The molecule has 1 unspecified atom stereocenters. The van der Waals surface area contributed by atoms with E-state index in [0.29, 0.717) is 6.54 Å². The Morgan fingerprint density at radius 2 is 2.20 bits per heavy atom. The minimum atomic E-state index is 0.00715. The van der Waals surface area contributed by atoms with E-state index in [0.717, 1.165) is 24.8 Å². The minimum absolute atomic E-state index is 0.00715. The van der Waals surface area contributed by atoms with Gasteiger partial charge in [0.15, 0.2) is 0 Å². The van der Waals surface area contributed by atoms with Gasteiger partial charge in [-0.3, -0.25) is 4.84 Å². The van der Waals surface area contributed by atoms with Crippen molar-refractivity contribution in [3.05, 3.63) is 35.4 Å². The van der Waals surface area contributed by atoms with Crippen molar-refractivity contribution in [3.8, 4) is 0 Å². The van der Waals surface area contributed by atoms with Crippen LogP contribution in [0.15, 0.2) is 24.3 Å². The first-order valence-corrected chi connectivity index (χ1v) is 5.46. The van der Waals surface area contributed by atoms with Crippen LogP contribution in [0.5, 0.6) is 0 Å². The molecule has 0 aromatic heterocycles. The highest BCUT2D eigenvalue weighted by Crippen LogP contribution is 2.21. The first-order valence-electron chi connectivity index (χ1n) is 5.46. The van der Waals surface area contributed by atoms with Crippen LogP contribution in [0.4, 0.5) is 0 Å². The zero-order valence-electron chi connectivity index (χ0n) is 9.28. The molecule has 0 aliphatic heterocycles. The molecule has 0 spiro atoms. The monoisotopic (exact) mass is 208 g/mol. The highest BCUT2D eigenvalue weighted by molar-refractivity contribution is 5.25. The van der Waals surface area contributed by atoms with Crippen LogP contribution >= 0.6 is 0 Å². The lowest BCUT2D eigenvalue weighted by molar-refractivity contribution is 0.0460. The predicted octanol–water partition coefficient (Wildman–Crippen LogP) is 1.92. The van der Waals surface area contributed by atoms with Crippen LogP contribution in [0.3, 0.4) is 0 Å². The summed E-state index contributed by atoms with van der Waals surface area (Å²) in [7, 11) is 0. The third-order valence-electron chi connectivity index (χ3n) is 2.47. The maximum absolute atomic E-state index is 5.52. The number of hydrogen-bond acceptors (Lipinski definition) is 3. The molecule has 1 aromatic carbocycles. The third-order valence-corrected chi connectivity index (χ3v) is 2.47. The van der Waals surface area contributed by atoms with Gasteiger partial charge in [0, 0.05) is 0 Å². The van der Waals surface area contributed by atoms with Crippen molar-refractivity contribution in [2.75, 3.05) is 6.54 Å². The molecular weight excluding hydrogens is 188 g/mol. The summed E-state index contributed by atoms with van der Waals surface area (Å²) in [6.45, 7) is 2.79. The lowest BCUT2D eigenvalue weighted by Gasteiger charge is -2.14. The predicted molar refractivity (Wildman–Crippen MR) is 62.1 cm³/mol. The van der Waals surface area contributed by atoms with Gasteiger partial charge in [0.25, 0.3) is 0 Å². The van der Waals surface area contributed by atoms with Gasteiger partial charge in [-0.05, 0) is 30.5 Å². The zero-order valence-corrected chi connectivity index (χ0v) is 9.28. The second kappa shape index (κ2) is 6.56. The lowest BCUT2D eigenvalue weighted by atomic mass is 10.0. The summed E-state index contributed by atoms with van der Waals surface area (Å²) in [6, 6.07) is 8.28. The van der Waals surface area contributed by atoms with E-state index < -0.39 is 0 Å². The van der Waals surface area contributed by atoms with Crippen molar-refractivity contribution >= 4 is 0 Å². The molecule has 0 saturated heterocycles. The maximum Gasteiger partial charge on any atom is 0.104 e. The molecule has 0 radical (unpaired) electrons. The Balaban J connectivity index is 2.77. The van der Waals surface area contributed by atoms with Crippen molar-refractivity contribution in [2.45, 2.75) is 32.3 Å². The highest BCUT2D eigenvalue weighted by Gasteiger charge is 2.09. The molecule has 0 aliphatic carbocycles. The fourth-order valence-electron chi connectivity index (χ4n) is 1.69. The van der Waals surface area contributed by atoms with E-state index in [9.17, 15) is 0 Å². The van der Waals surface area contributed by atoms with Gasteiger partial charge in [0.05, 0.1) is 0 Å². The van der Waals surface area contributed by atoms with Crippen molar-refractivity contribution in [3.63, 3.8) is 0 Å². The minimum Gasteiger partial charge on any atom is -0.330 e. The molecule has 0 amide bonds. The van der Waals surface area contributed by atoms with E-state index in [1.807, 2.05) is 12.1 Å². The van der Waals surface area contributed by atoms with Crippen molar-refractivity contribution < 1.29 is 4.84 Å². The smallest absolute Gasteiger partial charge is 0.104 e. The quantitative estimate of drug-likeness (QED) is 0.702. The largest absolute Gasteiger partial charge is 0.330 e. The third kappa shape index (κ3) is 3.63. The van der Waals surface area contributed by atoms with E-state index >= 15 is 0 Å². The summed E-state index contributed by atoms with van der Waals surface area (Å²) in [5.41, 5.74) is 7.91. The lowest BCUT2D eigenvalue weighted by Crippen LogP contribution is -2.10. The Bertz CT molecular complexity index is 289. The van der Waals surface area contributed by atoms with E-state index in [4.69, 9.17) is 16.5 Å². The van der Waals surface area contributed by atoms with Gasteiger partial charge in [-0.25, -0.2) is 5.90 Å². The Kier molecular flexibility index (Phi) is 5.32. The van der Waals surface area contributed by atoms with Gasteiger partial charge in [-0.15, -0.1) is 0 Å². The van der Waals surface area contributed by atoms with Crippen LogP contribution in [0.2, 0.25) is 0 Å². The van der Waals surface area contributed by atoms with E-state index in [2.05, 4.69) is 19.1 Å². The molecular formula is C12H20N2O.